The van der Waals surface area contributed by atoms with Crippen LogP contribution < -0.4 is 16.2 Å². The van der Waals surface area contributed by atoms with Gasteiger partial charge in [-0.05, 0) is 19.8 Å². The first kappa shape index (κ1) is 15.0. The molecule has 0 aromatic carbocycles. The van der Waals surface area contributed by atoms with E-state index in [4.69, 9.17) is 4.52 Å². The zero-order valence-corrected chi connectivity index (χ0v) is 12.1. The Morgan fingerprint density at radius 2 is 1.86 bits per heavy atom. The van der Waals surface area contributed by atoms with Crippen molar-refractivity contribution < 1.29 is 18.9 Å². The van der Waals surface area contributed by atoms with Crippen molar-refractivity contribution in [2.45, 2.75) is 45.6 Å². The summed E-state index contributed by atoms with van der Waals surface area (Å²) in [6.45, 7) is 5.35. The highest BCUT2D eigenvalue weighted by molar-refractivity contribution is 6.35. The first-order valence-electron chi connectivity index (χ1n) is 6.77. The van der Waals surface area contributed by atoms with Crippen molar-refractivity contribution in [3.8, 4) is 0 Å². The van der Waals surface area contributed by atoms with Crippen LogP contribution in [0.1, 0.15) is 54.4 Å². The monoisotopic (exact) mass is 294 g/mol. The first-order valence-corrected chi connectivity index (χ1v) is 6.77. The Hall–Kier alpha value is -2.38. The van der Waals surface area contributed by atoms with Crippen molar-refractivity contribution in [1.82, 2.24) is 21.3 Å². The zero-order chi connectivity index (χ0) is 15.6. The molecule has 1 aromatic rings. The van der Waals surface area contributed by atoms with Crippen molar-refractivity contribution in [1.29, 1.82) is 0 Å². The highest BCUT2D eigenvalue weighted by Gasteiger charge is 2.27. The fourth-order valence-corrected chi connectivity index (χ4v) is 1.77. The number of carbonyl (C=O) groups is 3. The molecule has 1 aromatic heterocycles. The predicted molar refractivity (Wildman–Crippen MR) is 72.1 cm³/mol. The summed E-state index contributed by atoms with van der Waals surface area (Å²) in [5.74, 6) is -1.83. The number of amides is 3. The SMILES string of the molecule is Cc1noc(C(C)C)c1C(=O)NNC(=O)C(=O)NC1CC1. The number of aromatic nitrogens is 1. The second kappa shape index (κ2) is 5.94. The average molecular weight is 294 g/mol. The van der Waals surface area contributed by atoms with Crippen LogP contribution in [-0.4, -0.2) is 28.9 Å². The largest absolute Gasteiger partial charge is 0.360 e. The molecule has 0 saturated heterocycles. The van der Waals surface area contributed by atoms with Crippen molar-refractivity contribution >= 4 is 17.7 Å². The lowest BCUT2D eigenvalue weighted by Gasteiger charge is -2.08. The third-order valence-corrected chi connectivity index (χ3v) is 3.05. The van der Waals surface area contributed by atoms with Gasteiger partial charge in [-0.1, -0.05) is 19.0 Å². The number of nitrogens with one attached hydrogen (secondary N) is 3. The number of rotatable bonds is 3. The van der Waals surface area contributed by atoms with Crippen molar-refractivity contribution in [2.24, 2.45) is 0 Å². The minimum Gasteiger partial charge on any atom is -0.360 e. The van der Waals surface area contributed by atoms with E-state index >= 15 is 0 Å². The van der Waals surface area contributed by atoms with Gasteiger partial charge in [-0.25, -0.2) is 0 Å². The number of hydrogen-bond acceptors (Lipinski definition) is 5. The van der Waals surface area contributed by atoms with Crippen LogP contribution in [0.5, 0.6) is 0 Å². The highest BCUT2D eigenvalue weighted by Crippen LogP contribution is 2.21. The Morgan fingerprint density at radius 3 is 2.43 bits per heavy atom. The van der Waals surface area contributed by atoms with E-state index in [1.54, 1.807) is 6.92 Å². The lowest BCUT2D eigenvalue weighted by atomic mass is 10.1. The van der Waals surface area contributed by atoms with E-state index in [9.17, 15) is 14.4 Å². The standard InChI is InChI=1S/C13H18N4O4/c1-6(2)10-9(7(3)17-21-10)11(18)15-16-13(20)12(19)14-8-4-5-8/h6,8H,4-5H2,1-3H3,(H,14,19)(H,15,18)(H,16,20). The smallest absolute Gasteiger partial charge is 0.327 e. The van der Waals surface area contributed by atoms with Crippen LogP contribution >= 0.6 is 0 Å². The molecule has 0 unspecified atom stereocenters. The Bertz CT molecular complexity index is 575. The number of carbonyl (C=O) groups excluding carboxylic acids is 3. The topological polar surface area (TPSA) is 113 Å². The van der Waals surface area contributed by atoms with Crippen LogP contribution in [-0.2, 0) is 9.59 Å². The Kier molecular flexibility index (Phi) is 4.25. The van der Waals surface area contributed by atoms with E-state index in [1.165, 1.54) is 0 Å². The molecular weight excluding hydrogens is 276 g/mol. The van der Waals surface area contributed by atoms with E-state index in [2.05, 4.69) is 21.3 Å². The second-order valence-corrected chi connectivity index (χ2v) is 5.32. The van der Waals surface area contributed by atoms with Gasteiger partial charge in [0.2, 0.25) is 0 Å². The third-order valence-electron chi connectivity index (χ3n) is 3.05. The molecular formula is C13H18N4O4. The number of hydrogen-bond donors (Lipinski definition) is 3. The van der Waals surface area contributed by atoms with Gasteiger partial charge < -0.3 is 9.84 Å². The van der Waals surface area contributed by atoms with Crippen LogP contribution in [0.15, 0.2) is 4.52 Å². The molecule has 0 spiro atoms. The summed E-state index contributed by atoms with van der Waals surface area (Å²) in [6.07, 6.45) is 1.76. The van der Waals surface area contributed by atoms with Crippen molar-refractivity contribution in [3.05, 3.63) is 17.0 Å². The van der Waals surface area contributed by atoms with Gasteiger partial charge in [0.05, 0.1) is 5.69 Å². The third kappa shape index (κ3) is 3.59. The number of hydrazine groups is 1. The molecule has 114 valence electrons. The molecule has 8 nitrogen and oxygen atoms in total. The number of nitrogens with zero attached hydrogens (tertiary/aromatic N) is 1. The molecule has 3 N–H and O–H groups in total. The maximum Gasteiger partial charge on any atom is 0.327 e. The molecule has 2 rings (SSSR count). The van der Waals surface area contributed by atoms with Gasteiger partial charge in [0.1, 0.15) is 5.56 Å². The first-order chi connectivity index (χ1) is 9.90. The normalized spacial score (nSPS) is 13.9. The minimum atomic E-state index is -0.907. The molecule has 1 aliphatic rings. The van der Waals surface area contributed by atoms with Crippen LogP contribution in [0, 0.1) is 6.92 Å². The molecule has 0 radical (unpaired) electrons. The Labute approximate surface area is 121 Å². The van der Waals surface area contributed by atoms with E-state index in [1.807, 2.05) is 13.8 Å². The molecule has 0 bridgehead atoms. The van der Waals surface area contributed by atoms with Crippen LogP contribution in [0.2, 0.25) is 0 Å². The fraction of sp³-hybridized carbons (Fsp3) is 0.538. The maximum atomic E-state index is 12.1. The average Bonchev–Trinajstić information content (AvgIpc) is 3.15. The molecule has 1 heterocycles. The molecule has 1 aliphatic carbocycles. The Morgan fingerprint density at radius 1 is 1.19 bits per heavy atom. The van der Waals surface area contributed by atoms with Crippen LogP contribution in [0.25, 0.3) is 0 Å². The quantitative estimate of drug-likeness (QED) is 0.542. The van der Waals surface area contributed by atoms with Crippen LogP contribution in [0.4, 0.5) is 0 Å². The van der Waals surface area contributed by atoms with Crippen molar-refractivity contribution in [2.75, 3.05) is 0 Å². The van der Waals surface area contributed by atoms with E-state index in [0.717, 1.165) is 12.8 Å². The minimum absolute atomic E-state index is 0.0270. The second-order valence-electron chi connectivity index (χ2n) is 5.32. The fourth-order valence-electron chi connectivity index (χ4n) is 1.77. The van der Waals surface area contributed by atoms with E-state index in [-0.39, 0.29) is 17.5 Å². The number of aryl methyl sites for hydroxylation is 1. The molecule has 21 heavy (non-hydrogen) atoms. The van der Waals surface area contributed by atoms with Gasteiger partial charge in [-0.15, -0.1) is 0 Å². The van der Waals surface area contributed by atoms with Gasteiger partial charge in [-0.3, -0.25) is 25.2 Å². The lowest BCUT2D eigenvalue weighted by molar-refractivity contribution is -0.139. The van der Waals surface area contributed by atoms with Gasteiger partial charge >= 0.3 is 11.8 Å². The van der Waals surface area contributed by atoms with Gasteiger partial charge in [-0.2, -0.15) is 0 Å². The highest BCUT2D eigenvalue weighted by atomic mass is 16.5. The van der Waals surface area contributed by atoms with Gasteiger partial charge in [0.15, 0.2) is 5.76 Å². The molecule has 0 aliphatic heterocycles. The zero-order valence-electron chi connectivity index (χ0n) is 12.1. The summed E-state index contributed by atoms with van der Waals surface area (Å²) in [6, 6.07) is 0.0758. The molecule has 1 saturated carbocycles. The Balaban J connectivity index is 1.93. The van der Waals surface area contributed by atoms with E-state index in [0.29, 0.717) is 11.5 Å². The van der Waals surface area contributed by atoms with Gasteiger partial charge in [0.25, 0.3) is 5.91 Å². The summed E-state index contributed by atoms with van der Waals surface area (Å²) in [5, 5.41) is 6.26. The molecule has 3 amide bonds. The summed E-state index contributed by atoms with van der Waals surface area (Å²) < 4.78 is 5.09. The summed E-state index contributed by atoms with van der Waals surface area (Å²) in [5.41, 5.74) is 4.97. The summed E-state index contributed by atoms with van der Waals surface area (Å²) >= 11 is 0. The summed E-state index contributed by atoms with van der Waals surface area (Å²) in [7, 11) is 0. The molecule has 0 atom stereocenters. The molecule has 8 heteroatoms. The van der Waals surface area contributed by atoms with Crippen LogP contribution in [0.3, 0.4) is 0 Å². The predicted octanol–water partition coefficient (Wildman–Crippen LogP) is 0.146. The maximum absolute atomic E-state index is 12.1. The van der Waals surface area contributed by atoms with Crippen molar-refractivity contribution in [3.63, 3.8) is 0 Å². The van der Waals surface area contributed by atoms with Gasteiger partial charge in [0, 0.05) is 12.0 Å². The lowest BCUT2D eigenvalue weighted by Crippen LogP contribution is -2.49. The molecule has 1 fully saturated rings. The summed E-state index contributed by atoms with van der Waals surface area (Å²) in [4.78, 5) is 35.0. The van der Waals surface area contributed by atoms with E-state index < -0.39 is 17.7 Å².